The van der Waals surface area contributed by atoms with Crippen molar-refractivity contribution in [2.45, 2.75) is 69.7 Å². The van der Waals surface area contributed by atoms with Gasteiger partial charge in [-0.05, 0) is 69.0 Å². The number of nitrogens with zero attached hydrogens (tertiary/aromatic N) is 1. The fourth-order valence-corrected chi connectivity index (χ4v) is 5.22. The summed E-state index contributed by atoms with van der Waals surface area (Å²) in [5.41, 5.74) is 1.56. The number of amides is 1. The molecular formula is C27H36N2O2. The molecule has 2 fully saturated rings. The first-order chi connectivity index (χ1) is 15.2. The molecule has 1 atom stereocenters. The second-order valence-corrected chi connectivity index (χ2v) is 9.22. The average Bonchev–Trinajstić information content (AvgIpc) is 2.82. The second kappa shape index (κ2) is 10.3. The maximum absolute atomic E-state index is 13.4. The zero-order valence-corrected chi connectivity index (χ0v) is 18.8. The number of hydrogen-bond acceptors (Lipinski definition) is 3. The Morgan fingerprint density at radius 1 is 1.00 bits per heavy atom. The number of piperidine rings is 1. The molecule has 2 aromatic rings. The summed E-state index contributed by atoms with van der Waals surface area (Å²) >= 11 is 0. The van der Waals surface area contributed by atoms with E-state index in [1.807, 2.05) is 42.5 Å². The second-order valence-electron chi connectivity index (χ2n) is 9.22. The molecule has 2 aliphatic rings. The van der Waals surface area contributed by atoms with Gasteiger partial charge in [0.25, 0.3) is 0 Å². The van der Waals surface area contributed by atoms with E-state index in [0.717, 1.165) is 49.2 Å². The van der Waals surface area contributed by atoms with Crippen molar-refractivity contribution in [1.29, 1.82) is 0 Å². The van der Waals surface area contributed by atoms with Crippen molar-refractivity contribution in [3.8, 4) is 5.75 Å². The Bertz CT molecular complexity index is 828. The fourth-order valence-electron chi connectivity index (χ4n) is 5.22. The highest BCUT2D eigenvalue weighted by Gasteiger charge is 2.41. The molecule has 4 rings (SSSR count). The zero-order valence-electron chi connectivity index (χ0n) is 18.8. The van der Waals surface area contributed by atoms with Gasteiger partial charge in [-0.2, -0.15) is 0 Å². The molecule has 0 radical (unpaired) electrons. The molecule has 166 valence electrons. The number of ether oxygens (including phenoxy) is 1. The van der Waals surface area contributed by atoms with E-state index < -0.39 is 5.41 Å². The van der Waals surface area contributed by atoms with E-state index in [9.17, 15) is 4.79 Å². The minimum atomic E-state index is -0.417. The average molecular weight is 421 g/mol. The number of anilines is 1. The van der Waals surface area contributed by atoms with Crippen LogP contribution in [0.1, 0.15) is 63.9 Å². The van der Waals surface area contributed by atoms with Crippen LogP contribution in [-0.2, 0) is 10.2 Å². The van der Waals surface area contributed by atoms with Crippen molar-refractivity contribution in [3.63, 3.8) is 0 Å². The van der Waals surface area contributed by atoms with Crippen molar-refractivity contribution in [2.75, 3.05) is 25.0 Å². The lowest BCUT2D eigenvalue weighted by atomic mass is 9.68. The summed E-state index contributed by atoms with van der Waals surface area (Å²) in [6, 6.07) is 18.8. The van der Waals surface area contributed by atoms with Gasteiger partial charge in [-0.1, -0.05) is 56.0 Å². The molecule has 1 aliphatic heterocycles. The predicted molar refractivity (Wildman–Crippen MR) is 127 cm³/mol. The Morgan fingerprint density at radius 2 is 1.74 bits per heavy atom. The molecular weight excluding hydrogens is 384 g/mol. The van der Waals surface area contributed by atoms with Crippen LogP contribution in [0.2, 0.25) is 0 Å². The molecule has 1 aliphatic carbocycles. The Kier molecular flexibility index (Phi) is 7.29. The number of carbonyl (C=O) groups excluding carboxylic acids is 1. The first kappa shape index (κ1) is 21.9. The van der Waals surface area contributed by atoms with Crippen LogP contribution in [0.5, 0.6) is 5.75 Å². The number of nitrogens with one attached hydrogen (secondary N) is 1. The van der Waals surface area contributed by atoms with Crippen LogP contribution in [0.4, 0.5) is 5.69 Å². The minimum absolute atomic E-state index is 0.117. The number of benzene rings is 2. The van der Waals surface area contributed by atoms with Crippen molar-refractivity contribution in [2.24, 2.45) is 0 Å². The van der Waals surface area contributed by atoms with Gasteiger partial charge in [0.15, 0.2) is 0 Å². The SMILES string of the molecule is CC1CCCCN1CCOc1ccc(NC(=O)C2(c3ccccc3)CCCCC2)cc1. The van der Waals surface area contributed by atoms with E-state index in [2.05, 4.69) is 29.3 Å². The van der Waals surface area contributed by atoms with Crippen LogP contribution in [-0.4, -0.2) is 36.5 Å². The van der Waals surface area contributed by atoms with E-state index in [1.54, 1.807) is 0 Å². The van der Waals surface area contributed by atoms with Gasteiger partial charge in [0.2, 0.25) is 5.91 Å². The largest absolute Gasteiger partial charge is 0.492 e. The van der Waals surface area contributed by atoms with E-state index in [-0.39, 0.29) is 5.91 Å². The Balaban J connectivity index is 1.35. The van der Waals surface area contributed by atoms with Crippen molar-refractivity contribution < 1.29 is 9.53 Å². The molecule has 1 heterocycles. The van der Waals surface area contributed by atoms with E-state index in [4.69, 9.17) is 4.74 Å². The molecule has 2 aromatic carbocycles. The Morgan fingerprint density at radius 3 is 2.45 bits per heavy atom. The van der Waals surface area contributed by atoms with Crippen LogP contribution in [0.15, 0.2) is 54.6 Å². The van der Waals surface area contributed by atoms with Gasteiger partial charge in [0, 0.05) is 18.3 Å². The molecule has 0 spiro atoms. The fraction of sp³-hybridized carbons (Fsp3) is 0.519. The minimum Gasteiger partial charge on any atom is -0.492 e. The zero-order chi connectivity index (χ0) is 21.5. The molecule has 0 aromatic heterocycles. The lowest BCUT2D eigenvalue weighted by molar-refractivity contribution is -0.122. The van der Waals surface area contributed by atoms with E-state index in [0.29, 0.717) is 12.6 Å². The standard InChI is InChI=1S/C27H36N2O2/c1-22-10-6-9-19-29(22)20-21-31-25-15-13-24(14-16-25)28-26(30)27(17-7-3-8-18-27)23-11-4-2-5-12-23/h2,4-5,11-16,22H,3,6-10,17-21H2,1H3,(H,28,30). The highest BCUT2D eigenvalue weighted by Crippen LogP contribution is 2.40. The van der Waals surface area contributed by atoms with Crippen molar-refractivity contribution in [3.05, 3.63) is 60.2 Å². The molecule has 31 heavy (non-hydrogen) atoms. The molecule has 0 bridgehead atoms. The van der Waals surface area contributed by atoms with Crippen LogP contribution < -0.4 is 10.1 Å². The number of rotatable bonds is 7. The smallest absolute Gasteiger partial charge is 0.235 e. The molecule has 1 saturated carbocycles. The van der Waals surface area contributed by atoms with Crippen LogP contribution in [0, 0.1) is 0 Å². The highest BCUT2D eigenvalue weighted by molar-refractivity contribution is 5.99. The third-order valence-electron chi connectivity index (χ3n) is 7.17. The van der Waals surface area contributed by atoms with Crippen LogP contribution >= 0.6 is 0 Å². The van der Waals surface area contributed by atoms with E-state index in [1.165, 1.54) is 32.2 Å². The molecule has 1 amide bonds. The van der Waals surface area contributed by atoms with Gasteiger partial charge in [-0.25, -0.2) is 0 Å². The Hall–Kier alpha value is -2.33. The maximum Gasteiger partial charge on any atom is 0.235 e. The van der Waals surface area contributed by atoms with Crippen molar-refractivity contribution >= 4 is 11.6 Å². The third kappa shape index (κ3) is 5.30. The van der Waals surface area contributed by atoms with Gasteiger partial charge in [0.1, 0.15) is 12.4 Å². The summed E-state index contributed by atoms with van der Waals surface area (Å²) in [6.07, 6.45) is 9.18. The Labute approximate surface area is 187 Å². The maximum atomic E-state index is 13.4. The van der Waals surface area contributed by atoms with Gasteiger partial charge < -0.3 is 10.1 Å². The van der Waals surface area contributed by atoms with Gasteiger partial charge in [-0.3, -0.25) is 9.69 Å². The third-order valence-corrected chi connectivity index (χ3v) is 7.17. The normalized spacial score (nSPS) is 21.4. The van der Waals surface area contributed by atoms with Crippen LogP contribution in [0.3, 0.4) is 0 Å². The molecule has 1 unspecified atom stereocenters. The predicted octanol–water partition coefficient (Wildman–Crippen LogP) is 5.78. The molecule has 4 nitrogen and oxygen atoms in total. The first-order valence-electron chi connectivity index (χ1n) is 12.0. The topological polar surface area (TPSA) is 41.6 Å². The quantitative estimate of drug-likeness (QED) is 0.617. The number of hydrogen-bond donors (Lipinski definition) is 1. The highest BCUT2D eigenvalue weighted by atomic mass is 16.5. The van der Waals surface area contributed by atoms with Crippen LogP contribution in [0.25, 0.3) is 0 Å². The number of likely N-dealkylation sites (tertiary alicyclic amines) is 1. The number of carbonyl (C=O) groups is 1. The summed E-state index contributed by atoms with van der Waals surface area (Å²) < 4.78 is 5.97. The summed E-state index contributed by atoms with van der Waals surface area (Å²) in [6.45, 7) is 5.16. The summed E-state index contributed by atoms with van der Waals surface area (Å²) in [7, 11) is 0. The lowest BCUT2D eigenvalue weighted by Crippen LogP contribution is -2.42. The summed E-state index contributed by atoms with van der Waals surface area (Å²) in [5.74, 6) is 0.976. The summed E-state index contributed by atoms with van der Waals surface area (Å²) in [5, 5.41) is 3.19. The molecule has 1 saturated heterocycles. The first-order valence-corrected chi connectivity index (χ1v) is 12.0. The van der Waals surface area contributed by atoms with E-state index >= 15 is 0 Å². The van der Waals surface area contributed by atoms with Gasteiger partial charge in [0.05, 0.1) is 5.41 Å². The molecule has 4 heteroatoms. The monoisotopic (exact) mass is 420 g/mol. The van der Waals surface area contributed by atoms with Gasteiger partial charge in [-0.15, -0.1) is 0 Å². The van der Waals surface area contributed by atoms with Crippen molar-refractivity contribution in [1.82, 2.24) is 4.90 Å². The van der Waals surface area contributed by atoms with Gasteiger partial charge >= 0.3 is 0 Å². The molecule has 1 N–H and O–H groups in total. The lowest BCUT2D eigenvalue weighted by Gasteiger charge is -2.36. The summed E-state index contributed by atoms with van der Waals surface area (Å²) in [4.78, 5) is 15.9.